The van der Waals surface area contributed by atoms with Crippen LogP contribution in [0.3, 0.4) is 0 Å². The largest absolute Gasteiger partial charge is 0.478 e. The Morgan fingerprint density at radius 3 is 2.62 bits per heavy atom. The topological polar surface area (TPSA) is 62.2 Å². The highest BCUT2D eigenvalue weighted by Gasteiger charge is 2.15. The molecule has 0 radical (unpaired) electrons. The lowest BCUT2D eigenvalue weighted by molar-refractivity contribution is 0.0697. The van der Waals surface area contributed by atoms with Crippen molar-refractivity contribution in [2.75, 3.05) is 5.32 Å². The smallest absolute Gasteiger partial charge is 0.337 e. The van der Waals surface area contributed by atoms with Gasteiger partial charge >= 0.3 is 5.97 Å². The summed E-state index contributed by atoms with van der Waals surface area (Å²) in [5.41, 5.74) is 2.55. The van der Waals surface area contributed by atoms with Gasteiger partial charge in [0.1, 0.15) is 0 Å². The summed E-state index contributed by atoms with van der Waals surface area (Å²) in [6, 6.07) is 11.1. The molecule has 1 aromatic carbocycles. The fourth-order valence-corrected chi connectivity index (χ4v) is 2.22. The molecule has 110 valence electrons. The average Bonchev–Trinajstić information content (AvgIpc) is 2.49. The zero-order chi connectivity index (χ0) is 15.1. The molecule has 0 aliphatic rings. The van der Waals surface area contributed by atoms with Gasteiger partial charge in [-0.25, -0.2) is 4.79 Å². The first-order valence-corrected chi connectivity index (χ1v) is 7.25. The van der Waals surface area contributed by atoms with E-state index in [1.165, 1.54) is 6.07 Å². The summed E-state index contributed by atoms with van der Waals surface area (Å²) >= 11 is 0. The molecule has 1 heterocycles. The van der Waals surface area contributed by atoms with Crippen LogP contribution in [0.15, 0.2) is 42.6 Å². The van der Waals surface area contributed by atoms with Crippen molar-refractivity contribution in [2.24, 2.45) is 0 Å². The minimum absolute atomic E-state index is 0.264. The molecule has 1 aromatic heterocycles. The number of nitrogens with zero attached hydrogens (tertiary/aromatic N) is 1. The van der Waals surface area contributed by atoms with Crippen LogP contribution in [0.1, 0.15) is 42.2 Å². The number of aryl methyl sites for hydroxylation is 1. The Balaban J connectivity index is 2.31. The summed E-state index contributed by atoms with van der Waals surface area (Å²) in [6.07, 6.45) is 5.60. The van der Waals surface area contributed by atoms with Crippen LogP contribution in [0.25, 0.3) is 0 Å². The number of hydrogen-bond donors (Lipinski definition) is 2. The molecule has 4 nitrogen and oxygen atoms in total. The standard InChI is InChI=1S/C17H20N2O2/c1-2-3-5-10-15-16(14(17(20)21)11-12-18-15)19-13-8-6-4-7-9-13/h4,6-9,11-12,19H,2-3,5,10H2,1H3,(H,20,21). The Labute approximate surface area is 124 Å². The molecular formula is C17H20N2O2. The molecule has 0 unspecified atom stereocenters. The van der Waals surface area contributed by atoms with Gasteiger partial charge in [-0.1, -0.05) is 38.0 Å². The van der Waals surface area contributed by atoms with Crippen molar-refractivity contribution < 1.29 is 9.90 Å². The number of unbranched alkanes of at least 4 members (excludes halogenated alkanes) is 2. The van der Waals surface area contributed by atoms with Gasteiger partial charge in [-0.2, -0.15) is 0 Å². The first-order valence-electron chi connectivity index (χ1n) is 7.25. The second kappa shape index (κ2) is 7.43. The number of carbonyl (C=O) groups is 1. The third kappa shape index (κ3) is 4.05. The van der Waals surface area contributed by atoms with Crippen molar-refractivity contribution in [3.63, 3.8) is 0 Å². The Bertz CT molecular complexity index is 597. The lowest BCUT2D eigenvalue weighted by atomic mass is 10.1. The highest BCUT2D eigenvalue weighted by molar-refractivity contribution is 5.95. The Kier molecular flexibility index (Phi) is 5.32. The fraction of sp³-hybridized carbons (Fsp3) is 0.294. The molecule has 0 aliphatic carbocycles. The Morgan fingerprint density at radius 2 is 1.95 bits per heavy atom. The van der Waals surface area contributed by atoms with Crippen molar-refractivity contribution in [3.05, 3.63) is 53.9 Å². The molecule has 4 heteroatoms. The van der Waals surface area contributed by atoms with E-state index in [4.69, 9.17) is 0 Å². The van der Waals surface area contributed by atoms with Crippen LogP contribution in [-0.4, -0.2) is 16.1 Å². The summed E-state index contributed by atoms with van der Waals surface area (Å²) in [4.78, 5) is 15.8. The van der Waals surface area contributed by atoms with E-state index >= 15 is 0 Å². The molecule has 2 N–H and O–H groups in total. The third-order valence-electron chi connectivity index (χ3n) is 3.32. The van der Waals surface area contributed by atoms with Crippen LogP contribution in [-0.2, 0) is 6.42 Å². The molecule has 0 saturated carbocycles. The number of nitrogens with one attached hydrogen (secondary N) is 1. The van der Waals surface area contributed by atoms with Crippen LogP contribution in [0, 0.1) is 0 Å². The molecule has 21 heavy (non-hydrogen) atoms. The number of benzene rings is 1. The lowest BCUT2D eigenvalue weighted by Gasteiger charge is -2.14. The monoisotopic (exact) mass is 284 g/mol. The molecule has 0 spiro atoms. The maximum absolute atomic E-state index is 11.4. The molecule has 0 fully saturated rings. The number of hydrogen-bond acceptors (Lipinski definition) is 3. The van der Waals surface area contributed by atoms with Crippen molar-refractivity contribution in [1.82, 2.24) is 4.98 Å². The minimum Gasteiger partial charge on any atom is -0.478 e. The van der Waals surface area contributed by atoms with Crippen LogP contribution in [0.2, 0.25) is 0 Å². The molecule has 0 bridgehead atoms. The van der Waals surface area contributed by atoms with Gasteiger partial charge in [-0.05, 0) is 31.0 Å². The number of aromatic nitrogens is 1. The normalized spacial score (nSPS) is 10.3. The highest BCUT2D eigenvalue weighted by Crippen LogP contribution is 2.25. The van der Waals surface area contributed by atoms with Crippen molar-refractivity contribution in [2.45, 2.75) is 32.6 Å². The van der Waals surface area contributed by atoms with Gasteiger partial charge in [-0.3, -0.25) is 4.98 Å². The van der Waals surface area contributed by atoms with Crippen LogP contribution < -0.4 is 5.32 Å². The van der Waals surface area contributed by atoms with Gasteiger partial charge in [0.2, 0.25) is 0 Å². The number of pyridine rings is 1. The molecule has 0 aliphatic heterocycles. The van der Waals surface area contributed by atoms with E-state index in [0.29, 0.717) is 5.69 Å². The van der Waals surface area contributed by atoms with Crippen molar-refractivity contribution in [3.8, 4) is 0 Å². The van der Waals surface area contributed by atoms with Gasteiger partial charge < -0.3 is 10.4 Å². The quantitative estimate of drug-likeness (QED) is 0.746. The summed E-state index contributed by atoms with van der Waals surface area (Å²) in [5, 5.41) is 12.6. The number of carboxylic acid groups (broad SMARTS) is 1. The maximum Gasteiger partial charge on any atom is 0.337 e. The van der Waals surface area contributed by atoms with Gasteiger partial charge in [0, 0.05) is 11.9 Å². The lowest BCUT2D eigenvalue weighted by Crippen LogP contribution is -2.07. The van der Waals surface area contributed by atoms with Crippen LogP contribution >= 0.6 is 0 Å². The molecule has 2 rings (SSSR count). The van der Waals surface area contributed by atoms with E-state index in [1.54, 1.807) is 6.20 Å². The van der Waals surface area contributed by atoms with Gasteiger partial charge in [0.05, 0.1) is 16.9 Å². The van der Waals surface area contributed by atoms with Gasteiger partial charge in [0.25, 0.3) is 0 Å². The summed E-state index contributed by atoms with van der Waals surface area (Å²) < 4.78 is 0. The molecule has 0 atom stereocenters. The van der Waals surface area contributed by atoms with Crippen molar-refractivity contribution in [1.29, 1.82) is 0 Å². The van der Waals surface area contributed by atoms with E-state index in [0.717, 1.165) is 37.1 Å². The first-order chi connectivity index (χ1) is 10.2. The third-order valence-corrected chi connectivity index (χ3v) is 3.32. The highest BCUT2D eigenvalue weighted by atomic mass is 16.4. The van der Waals surface area contributed by atoms with E-state index in [9.17, 15) is 9.90 Å². The molecule has 0 amide bonds. The number of aromatic carboxylic acids is 1. The predicted molar refractivity (Wildman–Crippen MR) is 84.2 cm³/mol. The molecule has 0 saturated heterocycles. The maximum atomic E-state index is 11.4. The zero-order valence-electron chi connectivity index (χ0n) is 12.2. The minimum atomic E-state index is -0.937. The second-order valence-corrected chi connectivity index (χ2v) is 4.93. The summed E-state index contributed by atoms with van der Waals surface area (Å²) in [6.45, 7) is 2.14. The number of anilines is 2. The summed E-state index contributed by atoms with van der Waals surface area (Å²) in [7, 11) is 0. The van der Waals surface area contributed by atoms with Crippen LogP contribution in [0.4, 0.5) is 11.4 Å². The predicted octanol–water partition coefficient (Wildman–Crippen LogP) is 4.26. The van der Waals surface area contributed by atoms with E-state index in [-0.39, 0.29) is 5.56 Å². The number of rotatable bonds is 7. The van der Waals surface area contributed by atoms with Gasteiger partial charge in [-0.15, -0.1) is 0 Å². The summed E-state index contributed by atoms with van der Waals surface area (Å²) in [5.74, 6) is -0.937. The fourth-order valence-electron chi connectivity index (χ4n) is 2.22. The van der Waals surface area contributed by atoms with E-state index in [1.807, 2.05) is 30.3 Å². The van der Waals surface area contributed by atoms with Crippen LogP contribution in [0.5, 0.6) is 0 Å². The Morgan fingerprint density at radius 1 is 1.19 bits per heavy atom. The average molecular weight is 284 g/mol. The number of carboxylic acids is 1. The zero-order valence-corrected chi connectivity index (χ0v) is 12.2. The van der Waals surface area contributed by atoms with E-state index < -0.39 is 5.97 Å². The molecular weight excluding hydrogens is 264 g/mol. The SMILES string of the molecule is CCCCCc1nccc(C(=O)O)c1Nc1ccccc1. The first kappa shape index (κ1) is 15.0. The Hall–Kier alpha value is -2.36. The number of para-hydroxylation sites is 1. The molecule has 2 aromatic rings. The van der Waals surface area contributed by atoms with Crippen molar-refractivity contribution >= 4 is 17.3 Å². The van der Waals surface area contributed by atoms with Gasteiger partial charge in [0.15, 0.2) is 0 Å². The second-order valence-electron chi connectivity index (χ2n) is 4.93. The van der Waals surface area contributed by atoms with E-state index in [2.05, 4.69) is 17.2 Å².